The average molecular weight is 362 g/mol. The van der Waals surface area contributed by atoms with Gasteiger partial charge in [-0.15, -0.1) is 0 Å². The minimum atomic E-state index is 0.0462. The number of para-hydroxylation sites is 1. The summed E-state index contributed by atoms with van der Waals surface area (Å²) in [6, 6.07) is 17.8. The van der Waals surface area contributed by atoms with Crippen molar-refractivity contribution >= 4 is 11.6 Å². The maximum Gasteiger partial charge on any atom is 0.238 e. The standard InChI is InChI=1S/C22H26N4O/c1-18-5-2-3-6-21(18)24-22(27)17-26-12-4-11-25(13-14-26)16-20-9-7-19(15-23)8-10-20/h2-3,5-10H,4,11-14,16-17H2,1H3,(H,24,27). The Hall–Kier alpha value is -2.68. The van der Waals surface area contributed by atoms with Crippen molar-refractivity contribution in [1.82, 2.24) is 9.80 Å². The average Bonchev–Trinajstić information content (AvgIpc) is 2.89. The molecule has 1 N–H and O–H groups in total. The summed E-state index contributed by atoms with van der Waals surface area (Å²) in [5, 5.41) is 11.9. The quantitative estimate of drug-likeness (QED) is 0.888. The molecule has 1 saturated heterocycles. The Morgan fingerprint density at radius 3 is 2.48 bits per heavy atom. The molecule has 3 rings (SSSR count). The Morgan fingerprint density at radius 1 is 1.04 bits per heavy atom. The Balaban J connectivity index is 1.48. The van der Waals surface area contributed by atoms with E-state index in [0.717, 1.165) is 50.4 Å². The van der Waals surface area contributed by atoms with Gasteiger partial charge in [0.1, 0.15) is 0 Å². The molecule has 0 radical (unpaired) electrons. The van der Waals surface area contributed by atoms with Crippen LogP contribution in [0.3, 0.4) is 0 Å². The number of hydrogen-bond acceptors (Lipinski definition) is 4. The molecule has 0 spiro atoms. The summed E-state index contributed by atoms with van der Waals surface area (Å²) in [5.41, 5.74) is 3.88. The van der Waals surface area contributed by atoms with Gasteiger partial charge in [-0.2, -0.15) is 5.26 Å². The van der Waals surface area contributed by atoms with Crippen LogP contribution in [0.1, 0.15) is 23.1 Å². The number of amides is 1. The normalized spacial score (nSPS) is 15.7. The molecule has 5 heteroatoms. The van der Waals surface area contributed by atoms with Crippen molar-refractivity contribution in [2.75, 3.05) is 38.0 Å². The zero-order chi connectivity index (χ0) is 19.1. The summed E-state index contributed by atoms with van der Waals surface area (Å²) in [6.45, 7) is 7.10. The smallest absolute Gasteiger partial charge is 0.238 e. The maximum atomic E-state index is 12.4. The molecule has 0 aliphatic carbocycles. The molecular weight excluding hydrogens is 336 g/mol. The van der Waals surface area contributed by atoms with Gasteiger partial charge in [0.05, 0.1) is 18.2 Å². The number of nitriles is 1. The number of hydrogen-bond donors (Lipinski definition) is 1. The zero-order valence-electron chi connectivity index (χ0n) is 15.8. The summed E-state index contributed by atoms with van der Waals surface area (Å²) < 4.78 is 0. The molecule has 1 aliphatic rings. The predicted molar refractivity (Wildman–Crippen MR) is 107 cm³/mol. The summed E-state index contributed by atoms with van der Waals surface area (Å²) in [7, 11) is 0. The highest BCUT2D eigenvalue weighted by atomic mass is 16.2. The lowest BCUT2D eigenvalue weighted by atomic mass is 10.1. The van der Waals surface area contributed by atoms with Crippen LogP contribution in [0.15, 0.2) is 48.5 Å². The van der Waals surface area contributed by atoms with E-state index < -0.39 is 0 Å². The lowest BCUT2D eigenvalue weighted by molar-refractivity contribution is -0.117. The number of nitrogens with zero attached hydrogens (tertiary/aromatic N) is 3. The lowest BCUT2D eigenvalue weighted by Crippen LogP contribution is -2.36. The first-order chi connectivity index (χ1) is 13.1. The Morgan fingerprint density at radius 2 is 1.74 bits per heavy atom. The third-order valence-corrected chi connectivity index (χ3v) is 4.96. The molecule has 0 unspecified atom stereocenters. The molecule has 2 aromatic rings. The van der Waals surface area contributed by atoms with Gasteiger partial charge in [0.25, 0.3) is 0 Å². The number of carbonyl (C=O) groups excluding carboxylic acids is 1. The van der Waals surface area contributed by atoms with Crippen molar-refractivity contribution < 1.29 is 4.79 Å². The van der Waals surface area contributed by atoms with E-state index in [2.05, 4.69) is 21.2 Å². The minimum absolute atomic E-state index is 0.0462. The topological polar surface area (TPSA) is 59.4 Å². The van der Waals surface area contributed by atoms with Crippen molar-refractivity contribution in [2.24, 2.45) is 0 Å². The number of rotatable bonds is 5. The van der Waals surface area contributed by atoms with Crippen LogP contribution in [-0.2, 0) is 11.3 Å². The molecule has 0 saturated carbocycles. The number of nitrogens with one attached hydrogen (secondary N) is 1. The van der Waals surface area contributed by atoms with E-state index in [1.54, 1.807) is 0 Å². The molecule has 0 aromatic heterocycles. The van der Waals surface area contributed by atoms with E-state index in [1.165, 1.54) is 5.56 Å². The third kappa shape index (κ3) is 5.65. The minimum Gasteiger partial charge on any atom is -0.325 e. The van der Waals surface area contributed by atoms with Crippen LogP contribution in [-0.4, -0.2) is 48.4 Å². The predicted octanol–water partition coefficient (Wildman–Crippen LogP) is 3.01. The van der Waals surface area contributed by atoms with E-state index in [1.807, 2.05) is 55.5 Å². The van der Waals surface area contributed by atoms with Crippen molar-refractivity contribution in [1.29, 1.82) is 5.26 Å². The van der Waals surface area contributed by atoms with Crippen LogP contribution in [0.2, 0.25) is 0 Å². The molecule has 1 heterocycles. The molecule has 2 aromatic carbocycles. The SMILES string of the molecule is Cc1ccccc1NC(=O)CN1CCCN(Cc2ccc(C#N)cc2)CC1. The third-order valence-electron chi connectivity index (χ3n) is 4.96. The van der Waals surface area contributed by atoms with Gasteiger partial charge in [-0.25, -0.2) is 0 Å². The first kappa shape index (κ1) is 19.1. The maximum absolute atomic E-state index is 12.4. The first-order valence-corrected chi connectivity index (χ1v) is 9.43. The summed E-state index contributed by atoms with van der Waals surface area (Å²) >= 11 is 0. The molecule has 0 atom stereocenters. The van der Waals surface area contributed by atoms with Crippen molar-refractivity contribution in [2.45, 2.75) is 19.9 Å². The van der Waals surface area contributed by atoms with Gasteiger partial charge in [0, 0.05) is 25.3 Å². The van der Waals surface area contributed by atoms with Crippen LogP contribution >= 0.6 is 0 Å². The lowest BCUT2D eigenvalue weighted by Gasteiger charge is -2.21. The fourth-order valence-electron chi connectivity index (χ4n) is 3.39. The number of carbonyl (C=O) groups is 1. The second-order valence-corrected chi connectivity index (χ2v) is 7.08. The summed E-state index contributed by atoms with van der Waals surface area (Å²) in [4.78, 5) is 17.0. The first-order valence-electron chi connectivity index (χ1n) is 9.43. The second-order valence-electron chi connectivity index (χ2n) is 7.08. The van der Waals surface area contributed by atoms with Crippen molar-refractivity contribution in [3.63, 3.8) is 0 Å². The van der Waals surface area contributed by atoms with Gasteiger partial charge in [-0.1, -0.05) is 30.3 Å². The summed E-state index contributed by atoms with van der Waals surface area (Å²) in [5.74, 6) is 0.0462. The molecule has 1 aliphatic heterocycles. The fourth-order valence-corrected chi connectivity index (χ4v) is 3.39. The number of aryl methyl sites for hydroxylation is 1. The van der Waals surface area contributed by atoms with Gasteiger partial charge < -0.3 is 5.32 Å². The molecule has 1 fully saturated rings. The van der Waals surface area contributed by atoms with Crippen LogP contribution in [0, 0.1) is 18.3 Å². The molecule has 1 amide bonds. The highest BCUT2D eigenvalue weighted by molar-refractivity contribution is 5.92. The van der Waals surface area contributed by atoms with E-state index in [0.29, 0.717) is 12.1 Å². The van der Waals surface area contributed by atoms with E-state index >= 15 is 0 Å². The molecule has 27 heavy (non-hydrogen) atoms. The highest BCUT2D eigenvalue weighted by Gasteiger charge is 2.17. The van der Waals surface area contributed by atoms with E-state index in [-0.39, 0.29) is 5.91 Å². The fraction of sp³-hybridized carbons (Fsp3) is 0.364. The van der Waals surface area contributed by atoms with Crippen LogP contribution in [0.5, 0.6) is 0 Å². The largest absolute Gasteiger partial charge is 0.325 e. The highest BCUT2D eigenvalue weighted by Crippen LogP contribution is 2.14. The van der Waals surface area contributed by atoms with Gasteiger partial charge in [-0.05, 0) is 55.8 Å². The molecular formula is C22H26N4O. The van der Waals surface area contributed by atoms with Gasteiger partial charge in [-0.3, -0.25) is 14.6 Å². The van der Waals surface area contributed by atoms with Gasteiger partial charge in [0.2, 0.25) is 5.91 Å². The van der Waals surface area contributed by atoms with Crippen LogP contribution in [0.4, 0.5) is 5.69 Å². The van der Waals surface area contributed by atoms with Crippen LogP contribution < -0.4 is 5.32 Å². The van der Waals surface area contributed by atoms with E-state index in [4.69, 9.17) is 5.26 Å². The van der Waals surface area contributed by atoms with Gasteiger partial charge in [0.15, 0.2) is 0 Å². The van der Waals surface area contributed by atoms with Gasteiger partial charge >= 0.3 is 0 Å². The Labute approximate surface area is 161 Å². The molecule has 0 bridgehead atoms. The monoisotopic (exact) mass is 362 g/mol. The van der Waals surface area contributed by atoms with E-state index in [9.17, 15) is 4.79 Å². The second kappa shape index (κ2) is 9.31. The number of benzene rings is 2. The molecule has 5 nitrogen and oxygen atoms in total. The van der Waals surface area contributed by atoms with Crippen molar-refractivity contribution in [3.8, 4) is 6.07 Å². The Bertz CT molecular complexity index is 810. The number of anilines is 1. The zero-order valence-corrected chi connectivity index (χ0v) is 15.8. The van der Waals surface area contributed by atoms with Crippen LogP contribution in [0.25, 0.3) is 0 Å². The Kier molecular flexibility index (Phi) is 6.59. The van der Waals surface area contributed by atoms with Crippen molar-refractivity contribution in [3.05, 3.63) is 65.2 Å². The molecule has 140 valence electrons. The summed E-state index contributed by atoms with van der Waals surface area (Å²) in [6.07, 6.45) is 1.05.